The Kier molecular flexibility index (Phi) is 8.01. The van der Waals surface area contributed by atoms with Gasteiger partial charge in [-0.05, 0) is 37.1 Å². The largest absolute Gasteiger partial charge is 1.00 e. The predicted octanol–water partition coefficient (Wildman–Crippen LogP) is 0.342. The van der Waals surface area contributed by atoms with E-state index in [0.29, 0.717) is 6.54 Å². The van der Waals surface area contributed by atoms with Gasteiger partial charge in [-0.2, -0.15) is 0 Å². The summed E-state index contributed by atoms with van der Waals surface area (Å²) in [7, 11) is 0. The third-order valence-corrected chi connectivity index (χ3v) is 5.52. The van der Waals surface area contributed by atoms with Gasteiger partial charge in [-0.3, -0.25) is 14.6 Å². The van der Waals surface area contributed by atoms with Crippen LogP contribution in [0.5, 0.6) is 0 Å². The van der Waals surface area contributed by atoms with Crippen LogP contribution in [0.25, 0.3) is 0 Å². The zero-order valence-electron chi connectivity index (χ0n) is 14.0. The minimum Gasteiger partial charge on any atom is -1.00 e. The molecule has 0 aromatic heterocycles. The van der Waals surface area contributed by atoms with Crippen LogP contribution in [0, 0.1) is 0 Å². The lowest BCUT2D eigenvalue weighted by Gasteiger charge is -2.40. The van der Waals surface area contributed by atoms with Crippen molar-refractivity contribution in [1.29, 1.82) is 0 Å². The number of hydrogen-bond donors (Lipinski definition) is 1. The molecule has 1 heterocycles. The van der Waals surface area contributed by atoms with Crippen molar-refractivity contribution in [3.05, 3.63) is 28.7 Å². The molecular formula is C18H26BrClN3O-. The van der Waals surface area contributed by atoms with Gasteiger partial charge < -0.3 is 17.7 Å². The number of carbonyl (C=O) groups excluding carboxylic acids is 1. The lowest BCUT2D eigenvalue weighted by Crippen LogP contribution is -3.00. The molecule has 1 aromatic carbocycles. The minimum atomic E-state index is 0. The molecule has 2 aliphatic rings. The van der Waals surface area contributed by atoms with Gasteiger partial charge in [-0.15, -0.1) is 0 Å². The van der Waals surface area contributed by atoms with Gasteiger partial charge in [0, 0.05) is 42.4 Å². The molecular weight excluding hydrogens is 390 g/mol. The van der Waals surface area contributed by atoms with Crippen molar-refractivity contribution in [3.63, 3.8) is 0 Å². The number of anilines is 1. The molecule has 1 aliphatic heterocycles. The highest BCUT2D eigenvalue weighted by atomic mass is 79.9. The summed E-state index contributed by atoms with van der Waals surface area (Å²) in [5.74, 6) is 0.0819. The van der Waals surface area contributed by atoms with E-state index in [1.807, 2.05) is 24.3 Å². The van der Waals surface area contributed by atoms with Gasteiger partial charge in [0.05, 0.1) is 6.54 Å². The smallest absolute Gasteiger partial charge is 0.238 e. The summed E-state index contributed by atoms with van der Waals surface area (Å²) in [6.45, 7) is 4.72. The molecule has 0 spiro atoms. The van der Waals surface area contributed by atoms with E-state index in [2.05, 4.69) is 31.0 Å². The van der Waals surface area contributed by atoms with Crippen LogP contribution in [0.1, 0.15) is 32.1 Å². The number of piperazine rings is 1. The van der Waals surface area contributed by atoms with Gasteiger partial charge in [0.15, 0.2) is 0 Å². The first-order valence-electron chi connectivity index (χ1n) is 8.72. The Bertz CT molecular complexity index is 512. The maximum atomic E-state index is 12.2. The van der Waals surface area contributed by atoms with E-state index in [1.165, 1.54) is 32.1 Å². The van der Waals surface area contributed by atoms with E-state index in [-0.39, 0.29) is 18.3 Å². The Balaban J connectivity index is 0.00000208. The molecule has 0 radical (unpaired) electrons. The van der Waals surface area contributed by atoms with Crippen LogP contribution in [-0.4, -0.2) is 54.5 Å². The Morgan fingerprint density at radius 2 is 1.67 bits per heavy atom. The fourth-order valence-electron chi connectivity index (χ4n) is 3.67. The molecule has 2 fully saturated rings. The fourth-order valence-corrected chi connectivity index (χ4v) is 3.93. The molecule has 1 saturated carbocycles. The number of hydrogen-bond acceptors (Lipinski definition) is 3. The Labute approximate surface area is 159 Å². The van der Waals surface area contributed by atoms with E-state index in [0.717, 1.165) is 42.4 Å². The molecule has 0 atom stereocenters. The molecule has 1 saturated heterocycles. The van der Waals surface area contributed by atoms with Crippen LogP contribution in [0.3, 0.4) is 0 Å². The van der Waals surface area contributed by atoms with E-state index < -0.39 is 0 Å². The van der Waals surface area contributed by atoms with Crippen molar-refractivity contribution in [2.24, 2.45) is 0 Å². The van der Waals surface area contributed by atoms with Crippen molar-refractivity contribution >= 4 is 27.5 Å². The van der Waals surface area contributed by atoms with Crippen molar-refractivity contribution in [2.45, 2.75) is 38.1 Å². The number of benzene rings is 1. The molecule has 1 amide bonds. The number of amides is 1. The number of nitrogens with zero attached hydrogens (tertiary/aromatic N) is 2. The zero-order valence-corrected chi connectivity index (χ0v) is 16.4. The molecule has 4 nitrogen and oxygen atoms in total. The van der Waals surface area contributed by atoms with Crippen molar-refractivity contribution in [1.82, 2.24) is 9.80 Å². The van der Waals surface area contributed by atoms with Gasteiger partial charge >= 0.3 is 0 Å². The molecule has 0 bridgehead atoms. The summed E-state index contributed by atoms with van der Waals surface area (Å²) in [4.78, 5) is 17.1. The molecule has 3 rings (SSSR count). The second-order valence-electron chi connectivity index (χ2n) is 6.66. The Hall–Kier alpha value is -0.620. The summed E-state index contributed by atoms with van der Waals surface area (Å²) in [6, 6.07) is 8.52. The standard InChI is InChI=1S/C18H26BrN3O.ClH/c19-15-6-8-16(9-7-15)20-18(23)14-21-10-12-22(13-11-21)17-4-2-1-3-5-17;/h6-9,17H,1-5,10-14H2,(H,20,23);1H/p-1. The number of carbonyl (C=O) groups is 1. The summed E-state index contributed by atoms with van der Waals surface area (Å²) < 4.78 is 1.02. The van der Waals surface area contributed by atoms with Gasteiger partial charge in [0.25, 0.3) is 0 Å². The van der Waals surface area contributed by atoms with Crippen LogP contribution in [0.2, 0.25) is 0 Å². The third kappa shape index (κ3) is 5.73. The highest BCUT2D eigenvalue weighted by Crippen LogP contribution is 2.23. The number of rotatable bonds is 4. The average molecular weight is 416 g/mol. The zero-order chi connectivity index (χ0) is 16.1. The lowest BCUT2D eigenvalue weighted by atomic mass is 9.94. The summed E-state index contributed by atoms with van der Waals surface area (Å²) >= 11 is 3.40. The summed E-state index contributed by atoms with van der Waals surface area (Å²) in [5.41, 5.74) is 0.860. The number of halogens is 2. The Morgan fingerprint density at radius 3 is 2.29 bits per heavy atom. The molecule has 1 aliphatic carbocycles. The normalized spacial score (nSPS) is 20.4. The minimum absolute atomic E-state index is 0. The SMILES string of the molecule is O=C(CN1CCN(C2CCCCC2)CC1)Nc1ccc(Br)cc1.[Cl-]. The van der Waals surface area contributed by atoms with E-state index in [4.69, 9.17) is 0 Å². The quantitative estimate of drug-likeness (QED) is 0.770. The summed E-state index contributed by atoms with van der Waals surface area (Å²) in [5, 5.41) is 2.98. The van der Waals surface area contributed by atoms with Crippen LogP contribution in [0.15, 0.2) is 28.7 Å². The van der Waals surface area contributed by atoms with Gasteiger partial charge in [0.1, 0.15) is 0 Å². The topological polar surface area (TPSA) is 35.6 Å². The molecule has 0 unspecified atom stereocenters. The summed E-state index contributed by atoms with van der Waals surface area (Å²) in [6.07, 6.45) is 6.92. The van der Waals surface area contributed by atoms with Crippen LogP contribution in [-0.2, 0) is 4.79 Å². The monoisotopic (exact) mass is 414 g/mol. The predicted molar refractivity (Wildman–Crippen MR) is 97.7 cm³/mol. The number of nitrogens with one attached hydrogen (secondary N) is 1. The maximum absolute atomic E-state index is 12.2. The first-order chi connectivity index (χ1) is 11.2. The molecule has 6 heteroatoms. The van der Waals surface area contributed by atoms with Crippen LogP contribution < -0.4 is 17.7 Å². The van der Waals surface area contributed by atoms with Crippen LogP contribution >= 0.6 is 15.9 Å². The van der Waals surface area contributed by atoms with Gasteiger partial charge in [-0.25, -0.2) is 0 Å². The second-order valence-corrected chi connectivity index (χ2v) is 7.57. The molecule has 1 N–H and O–H groups in total. The second kappa shape index (κ2) is 9.76. The Morgan fingerprint density at radius 1 is 1.04 bits per heavy atom. The molecule has 24 heavy (non-hydrogen) atoms. The average Bonchev–Trinajstić information content (AvgIpc) is 2.58. The fraction of sp³-hybridized carbons (Fsp3) is 0.611. The highest BCUT2D eigenvalue weighted by molar-refractivity contribution is 9.10. The molecule has 1 aromatic rings. The molecule has 134 valence electrons. The van der Waals surface area contributed by atoms with Gasteiger partial charge in [-0.1, -0.05) is 35.2 Å². The highest BCUT2D eigenvalue weighted by Gasteiger charge is 2.25. The van der Waals surface area contributed by atoms with Crippen molar-refractivity contribution < 1.29 is 17.2 Å². The van der Waals surface area contributed by atoms with Gasteiger partial charge in [0.2, 0.25) is 5.91 Å². The third-order valence-electron chi connectivity index (χ3n) is 4.99. The first kappa shape index (κ1) is 19.7. The van der Waals surface area contributed by atoms with E-state index in [1.54, 1.807) is 0 Å². The van der Waals surface area contributed by atoms with Crippen molar-refractivity contribution in [2.75, 3.05) is 38.0 Å². The van der Waals surface area contributed by atoms with E-state index >= 15 is 0 Å². The van der Waals surface area contributed by atoms with Crippen LogP contribution in [0.4, 0.5) is 5.69 Å². The maximum Gasteiger partial charge on any atom is 0.238 e. The lowest BCUT2D eigenvalue weighted by molar-refractivity contribution is -0.117. The van der Waals surface area contributed by atoms with E-state index in [9.17, 15) is 4.79 Å². The van der Waals surface area contributed by atoms with Crippen molar-refractivity contribution in [3.8, 4) is 0 Å². The first-order valence-corrected chi connectivity index (χ1v) is 9.52.